The highest BCUT2D eigenvalue weighted by Gasteiger charge is 2.34. The molecule has 212 valence electrons. The molecule has 39 heavy (non-hydrogen) atoms. The highest BCUT2D eigenvalue weighted by atomic mass is 35.5. The van der Waals surface area contributed by atoms with Crippen molar-refractivity contribution in [1.29, 1.82) is 0 Å². The smallest absolute Gasteiger partial charge is 0.410 e. The molecule has 0 unspecified atom stereocenters. The Balaban J connectivity index is 1.56. The standard InChI is InChI=1S/C30H42ClN5O3/c1-20(2)36(29(38)39-30(4,5)6)18-24(22-9-11-23(31)12-10-22)28(37)35-15-7-14-34(16-17-35)27-26-21(3)8-13-25(26)32-19-33-27/h9-12,19-21,24H,7-8,13-18H2,1-6H3/t21-,24-/m1/s1. The van der Waals surface area contributed by atoms with E-state index in [1.165, 1.54) is 5.56 Å². The number of benzene rings is 1. The SMILES string of the molecule is CC(C)N(C[C@@H](C(=O)N1CCCN(c2ncnc3c2[C@H](C)CC3)CC1)c1ccc(Cl)cc1)C(=O)OC(C)(C)C. The van der Waals surface area contributed by atoms with Crippen LogP contribution in [0.2, 0.25) is 5.02 Å². The zero-order chi connectivity index (χ0) is 28.3. The number of nitrogens with zero attached hydrogens (tertiary/aromatic N) is 5. The zero-order valence-corrected chi connectivity index (χ0v) is 24.9. The molecule has 2 atom stereocenters. The van der Waals surface area contributed by atoms with Crippen LogP contribution in [0.3, 0.4) is 0 Å². The van der Waals surface area contributed by atoms with E-state index in [0.717, 1.165) is 42.9 Å². The topological polar surface area (TPSA) is 78.9 Å². The summed E-state index contributed by atoms with van der Waals surface area (Å²) >= 11 is 6.17. The Morgan fingerprint density at radius 2 is 1.82 bits per heavy atom. The molecule has 8 nitrogen and oxygen atoms in total. The van der Waals surface area contributed by atoms with Crippen molar-refractivity contribution in [3.8, 4) is 0 Å². The molecule has 2 amide bonds. The average Bonchev–Trinajstić information content (AvgIpc) is 3.08. The third-order valence-corrected chi connectivity index (χ3v) is 7.81. The van der Waals surface area contributed by atoms with Crippen LogP contribution >= 0.6 is 11.6 Å². The molecule has 4 rings (SSSR count). The Labute approximate surface area is 237 Å². The van der Waals surface area contributed by atoms with Crippen LogP contribution in [0.5, 0.6) is 0 Å². The Bertz CT molecular complexity index is 1160. The maximum Gasteiger partial charge on any atom is 0.410 e. The van der Waals surface area contributed by atoms with Crippen molar-refractivity contribution in [3.63, 3.8) is 0 Å². The van der Waals surface area contributed by atoms with Crippen LogP contribution in [0.15, 0.2) is 30.6 Å². The van der Waals surface area contributed by atoms with Gasteiger partial charge in [0.2, 0.25) is 5.91 Å². The van der Waals surface area contributed by atoms with Gasteiger partial charge < -0.3 is 19.4 Å². The lowest BCUT2D eigenvalue weighted by atomic mass is 9.96. The molecular weight excluding hydrogens is 514 g/mol. The summed E-state index contributed by atoms with van der Waals surface area (Å²) in [6.45, 7) is 14.7. The van der Waals surface area contributed by atoms with Gasteiger partial charge >= 0.3 is 6.09 Å². The van der Waals surface area contributed by atoms with E-state index in [2.05, 4.69) is 21.8 Å². The van der Waals surface area contributed by atoms with Crippen LogP contribution in [-0.2, 0) is 16.0 Å². The van der Waals surface area contributed by atoms with Gasteiger partial charge in [0.05, 0.1) is 5.92 Å². The highest BCUT2D eigenvalue weighted by Crippen LogP contribution is 2.37. The molecule has 2 heterocycles. The van der Waals surface area contributed by atoms with Gasteiger partial charge in [0, 0.05) is 55.0 Å². The number of fused-ring (bicyclic) bond motifs is 1. The maximum atomic E-state index is 14.2. The van der Waals surface area contributed by atoms with Crippen molar-refractivity contribution in [3.05, 3.63) is 52.4 Å². The van der Waals surface area contributed by atoms with Gasteiger partial charge in [0.25, 0.3) is 0 Å². The Morgan fingerprint density at radius 1 is 1.10 bits per heavy atom. The first-order valence-corrected chi connectivity index (χ1v) is 14.4. The fraction of sp³-hybridized carbons (Fsp3) is 0.600. The summed E-state index contributed by atoms with van der Waals surface area (Å²) in [6, 6.07) is 7.23. The average molecular weight is 556 g/mol. The first-order chi connectivity index (χ1) is 18.4. The summed E-state index contributed by atoms with van der Waals surface area (Å²) in [7, 11) is 0. The number of amides is 2. The summed E-state index contributed by atoms with van der Waals surface area (Å²) in [4.78, 5) is 42.4. The number of carbonyl (C=O) groups excluding carboxylic acids is 2. The quantitative estimate of drug-likeness (QED) is 0.458. The van der Waals surface area contributed by atoms with Crippen LogP contribution in [-0.4, -0.2) is 76.1 Å². The molecule has 1 aromatic heterocycles. The first kappa shape index (κ1) is 29.1. The van der Waals surface area contributed by atoms with Crippen molar-refractivity contribution < 1.29 is 14.3 Å². The molecular formula is C30H42ClN5O3. The van der Waals surface area contributed by atoms with Gasteiger partial charge in [-0.15, -0.1) is 0 Å². The molecule has 0 saturated carbocycles. The number of aromatic nitrogens is 2. The molecule has 0 spiro atoms. The number of anilines is 1. The van der Waals surface area contributed by atoms with E-state index in [4.69, 9.17) is 16.3 Å². The second kappa shape index (κ2) is 12.1. The largest absolute Gasteiger partial charge is 0.444 e. The lowest BCUT2D eigenvalue weighted by Crippen LogP contribution is -2.47. The molecule has 0 radical (unpaired) electrons. The number of hydrogen-bond donors (Lipinski definition) is 0. The number of hydrogen-bond acceptors (Lipinski definition) is 6. The van der Waals surface area contributed by atoms with E-state index in [1.807, 2.05) is 51.7 Å². The molecule has 1 aromatic carbocycles. The van der Waals surface area contributed by atoms with E-state index in [1.54, 1.807) is 23.4 Å². The fourth-order valence-corrected chi connectivity index (χ4v) is 5.61. The minimum absolute atomic E-state index is 0.00895. The summed E-state index contributed by atoms with van der Waals surface area (Å²) in [5, 5.41) is 0.606. The van der Waals surface area contributed by atoms with Crippen LogP contribution in [0, 0.1) is 0 Å². The molecule has 0 N–H and O–H groups in total. The Morgan fingerprint density at radius 3 is 2.49 bits per heavy atom. The van der Waals surface area contributed by atoms with Crippen molar-refractivity contribution in [2.45, 2.75) is 84.3 Å². The molecule has 2 aromatic rings. The fourth-order valence-electron chi connectivity index (χ4n) is 5.48. The van der Waals surface area contributed by atoms with Gasteiger partial charge in [-0.3, -0.25) is 4.79 Å². The third-order valence-electron chi connectivity index (χ3n) is 7.56. The van der Waals surface area contributed by atoms with Crippen LogP contribution in [0.4, 0.5) is 10.6 Å². The zero-order valence-electron chi connectivity index (χ0n) is 24.1. The van der Waals surface area contributed by atoms with Crippen molar-refractivity contribution in [2.24, 2.45) is 0 Å². The molecule has 1 aliphatic heterocycles. The van der Waals surface area contributed by atoms with Gasteiger partial charge in [-0.2, -0.15) is 0 Å². The molecule has 1 aliphatic carbocycles. The number of halogens is 1. The third kappa shape index (κ3) is 7.02. The van der Waals surface area contributed by atoms with Crippen molar-refractivity contribution in [2.75, 3.05) is 37.6 Å². The lowest BCUT2D eigenvalue weighted by molar-refractivity contribution is -0.133. The predicted octanol–water partition coefficient (Wildman–Crippen LogP) is 5.65. The summed E-state index contributed by atoms with van der Waals surface area (Å²) in [5.74, 6) is 0.938. The van der Waals surface area contributed by atoms with Gasteiger partial charge in [-0.1, -0.05) is 30.7 Å². The van der Waals surface area contributed by atoms with Gasteiger partial charge in [0.15, 0.2) is 0 Å². The van der Waals surface area contributed by atoms with E-state index in [0.29, 0.717) is 30.6 Å². The number of ether oxygens (including phenoxy) is 1. The van der Waals surface area contributed by atoms with Crippen molar-refractivity contribution >= 4 is 29.4 Å². The minimum atomic E-state index is -0.628. The van der Waals surface area contributed by atoms with E-state index < -0.39 is 17.6 Å². The van der Waals surface area contributed by atoms with E-state index in [-0.39, 0.29) is 18.5 Å². The number of rotatable bonds is 6. The van der Waals surface area contributed by atoms with E-state index >= 15 is 0 Å². The Kier molecular flexibility index (Phi) is 9.04. The molecule has 2 aliphatic rings. The van der Waals surface area contributed by atoms with Crippen LogP contribution < -0.4 is 4.90 Å². The maximum absolute atomic E-state index is 14.2. The van der Waals surface area contributed by atoms with Gasteiger partial charge in [0.1, 0.15) is 17.7 Å². The monoisotopic (exact) mass is 555 g/mol. The van der Waals surface area contributed by atoms with E-state index in [9.17, 15) is 9.59 Å². The first-order valence-electron chi connectivity index (χ1n) is 14.1. The number of aryl methyl sites for hydroxylation is 1. The summed E-state index contributed by atoms with van der Waals surface area (Å²) < 4.78 is 5.69. The lowest BCUT2D eigenvalue weighted by Gasteiger charge is -2.34. The second-order valence-electron chi connectivity index (χ2n) is 12.0. The normalized spacial score (nSPS) is 18.5. The van der Waals surface area contributed by atoms with Crippen LogP contribution in [0.25, 0.3) is 0 Å². The predicted molar refractivity (Wildman–Crippen MR) is 154 cm³/mol. The summed E-state index contributed by atoms with van der Waals surface area (Å²) in [5.41, 5.74) is 2.63. The van der Waals surface area contributed by atoms with Gasteiger partial charge in [-0.05, 0) is 77.5 Å². The highest BCUT2D eigenvalue weighted by molar-refractivity contribution is 6.30. The minimum Gasteiger partial charge on any atom is -0.444 e. The second-order valence-corrected chi connectivity index (χ2v) is 12.4. The molecule has 9 heteroatoms. The van der Waals surface area contributed by atoms with Crippen molar-refractivity contribution in [1.82, 2.24) is 19.8 Å². The number of carbonyl (C=O) groups is 2. The van der Waals surface area contributed by atoms with Crippen LogP contribution in [0.1, 0.15) is 83.0 Å². The Hall–Kier alpha value is -2.87. The summed E-state index contributed by atoms with van der Waals surface area (Å²) in [6.07, 6.45) is 4.20. The molecule has 1 saturated heterocycles. The molecule has 1 fully saturated rings. The van der Waals surface area contributed by atoms with Gasteiger partial charge in [-0.25, -0.2) is 14.8 Å². The molecule has 0 bridgehead atoms.